The van der Waals surface area contributed by atoms with Crippen molar-refractivity contribution in [2.75, 3.05) is 6.61 Å². The van der Waals surface area contributed by atoms with Crippen LogP contribution in [0.2, 0.25) is 0 Å². The molecule has 0 atom stereocenters. The van der Waals surface area contributed by atoms with Gasteiger partial charge in [0.05, 0.1) is 0 Å². The first-order valence-electron chi connectivity index (χ1n) is 9.26. The molecule has 0 unspecified atom stereocenters. The lowest BCUT2D eigenvalue weighted by molar-refractivity contribution is -0.123. The van der Waals surface area contributed by atoms with Crippen molar-refractivity contribution in [1.29, 1.82) is 0 Å². The first-order chi connectivity index (χ1) is 14.2. The van der Waals surface area contributed by atoms with Crippen LogP contribution in [-0.2, 0) is 11.3 Å². The first-order valence-corrected chi connectivity index (χ1v) is 9.26. The van der Waals surface area contributed by atoms with Gasteiger partial charge < -0.3 is 14.5 Å². The van der Waals surface area contributed by atoms with Crippen molar-refractivity contribution in [3.05, 3.63) is 101 Å². The second kappa shape index (κ2) is 8.44. The summed E-state index contributed by atoms with van der Waals surface area (Å²) in [4.78, 5) is 24.0. The fraction of sp³-hybridized carbons (Fsp3) is 0.0833. The number of rotatable bonds is 6. The number of fused-ring (bicyclic) bond motifs is 1. The SMILES string of the molecule is O=C(COc1ccc2c(-c3ccccc3)cc(=O)oc2c1)NCc1ccccc1. The maximum atomic E-state index is 12.0. The van der Waals surface area contributed by atoms with E-state index in [0.29, 0.717) is 17.9 Å². The third-order valence-corrected chi connectivity index (χ3v) is 4.50. The van der Waals surface area contributed by atoms with Gasteiger partial charge in [0.25, 0.3) is 5.91 Å². The molecule has 0 bridgehead atoms. The highest BCUT2D eigenvalue weighted by Gasteiger charge is 2.10. The molecule has 0 aliphatic rings. The van der Waals surface area contributed by atoms with E-state index in [-0.39, 0.29) is 12.5 Å². The molecule has 4 rings (SSSR count). The van der Waals surface area contributed by atoms with Crippen molar-refractivity contribution >= 4 is 16.9 Å². The van der Waals surface area contributed by atoms with Crippen molar-refractivity contribution in [2.24, 2.45) is 0 Å². The van der Waals surface area contributed by atoms with Gasteiger partial charge in [-0.1, -0.05) is 60.7 Å². The Hall–Kier alpha value is -3.86. The van der Waals surface area contributed by atoms with E-state index in [1.54, 1.807) is 12.1 Å². The molecule has 0 saturated carbocycles. The van der Waals surface area contributed by atoms with E-state index in [2.05, 4.69) is 5.32 Å². The minimum Gasteiger partial charge on any atom is -0.484 e. The topological polar surface area (TPSA) is 68.5 Å². The molecule has 144 valence electrons. The predicted molar refractivity (Wildman–Crippen MR) is 112 cm³/mol. The van der Waals surface area contributed by atoms with Crippen molar-refractivity contribution in [1.82, 2.24) is 5.32 Å². The highest BCUT2D eigenvalue weighted by atomic mass is 16.5. The minimum absolute atomic E-state index is 0.124. The second-order valence-electron chi connectivity index (χ2n) is 6.55. The van der Waals surface area contributed by atoms with Gasteiger partial charge >= 0.3 is 5.63 Å². The Morgan fingerprint density at radius 3 is 2.38 bits per heavy atom. The molecule has 0 aliphatic carbocycles. The molecular formula is C24H19NO4. The molecular weight excluding hydrogens is 366 g/mol. The van der Waals surface area contributed by atoms with Gasteiger partial charge in [0.1, 0.15) is 11.3 Å². The minimum atomic E-state index is -0.436. The Morgan fingerprint density at radius 1 is 0.897 bits per heavy atom. The standard InChI is InChI=1S/C24H19NO4/c26-23(25-15-17-7-3-1-4-8-17)16-28-19-11-12-20-21(18-9-5-2-6-10-18)14-24(27)29-22(20)13-19/h1-14H,15-16H2,(H,25,26). The number of hydrogen-bond donors (Lipinski definition) is 1. The third kappa shape index (κ3) is 4.52. The summed E-state index contributed by atoms with van der Waals surface area (Å²) in [5, 5.41) is 3.61. The largest absolute Gasteiger partial charge is 0.484 e. The van der Waals surface area contributed by atoms with E-state index in [4.69, 9.17) is 9.15 Å². The zero-order valence-electron chi connectivity index (χ0n) is 15.6. The quantitative estimate of drug-likeness (QED) is 0.506. The summed E-state index contributed by atoms with van der Waals surface area (Å²) in [6, 6.07) is 26.0. The van der Waals surface area contributed by atoms with Crippen LogP contribution in [0.5, 0.6) is 5.75 Å². The molecule has 1 amide bonds. The van der Waals surface area contributed by atoms with Crippen molar-refractivity contribution in [2.45, 2.75) is 6.54 Å². The lowest BCUT2D eigenvalue weighted by Gasteiger charge is -2.10. The zero-order chi connectivity index (χ0) is 20.1. The van der Waals surface area contributed by atoms with Gasteiger partial charge in [-0.2, -0.15) is 0 Å². The van der Waals surface area contributed by atoms with E-state index in [1.165, 1.54) is 6.07 Å². The van der Waals surface area contributed by atoms with Gasteiger partial charge in [0, 0.05) is 24.1 Å². The van der Waals surface area contributed by atoms with E-state index < -0.39 is 5.63 Å². The smallest absolute Gasteiger partial charge is 0.336 e. The zero-order valence-corrected chi connectivity index (χ0v) is 15.6. The molecule has 0 aliphatic heterocycles. The molecule has 0 radical (unpaired) electrons. The highest BCUT2D eigenvalue weighted by molar-refractivity contribution is 5.93. The molecule has 5 nitrogen and oxygen atoms in total. The van der Waals surface area contributed by atoms with Crippen LogP contribution in [0.1, 0.15) is 5.56 Å². The van der Waals surface area contributed by atoms with Crippen LogP contribution in [0.15, 0.2) is 94.1 Å². The average molecular weight is 385 g/mol. The highest BCUT2D eigenvalue weighted by Crippen LogP contribution is 2.29. The molecule has 1 aromatic heterocycles. The van der Waals surface area contributed by atoms with Gasteiger partial charge in [-0.25, -0.2) is 4.79 Å². The van der Waals surface area contributed by atoms with Crippen LogP contribution in [0, 0.1) is 0 Å². The second-order valence-corrected chi connectivity index (χ2v) is 6.55. The molecule has 29 heavy (non-hydrogen) atoms. The number of ether oxygens (including phenoxy) is 1. The average Bonchev–Trinajstić information content (AvgIpc) is 2.76. The molecule has 0 fully saturated rings. The lowest BCUT2D eigenvalue weighted by atomic mass is 10.0. The van der Waals surface area contributed by atoms with Crippen LogP contribution >= 0.6 is 0 Å². The summed E-state index contributed by atoms with van der Waals surface area (Å²) in [7, 11) is 0. The molecule has 4 aromatic rings. The van der Waals surface area contributed by atoms with Crippen LogP contribution in [0.4, 0.5) is 0 Å². The molecule has 1 heterocycles. The summed E-state index contributed by atoms with van der Waals surface area (Å²) in [6.45, 7) is 0.316. The van der Waals surface area contributed by atoms with Gasteiger partial charge in [0.15, 0.2) is 6.61 Å². The van der Waals surface area contributed by atoms with Crippen molar-refractivity contribution < 1.29 is 13.9 Å². The first kappa shape index (κ1) is 18.5. The van der Waals surface area contributed by atoms with Gasteiger partial charge in [-0.15, -0.1) is 0 Å². The number of hydrogen-bond acceptors (Lipinski definition) is 4. The van der Waals surface area contributed by atoms with Crippen LogP contribution in [0.3, 0.4) is 0 Å². The summed E-state index contributed by atoms with van der Waals surface area (Å²) < 4.78 is 10.9. The number of carbonyl (C=O) groups excluding carboxylic acids is 1. The van der Waals surface area contributed by atoms with Crippen LogP contribution < -0.4 is 15.7 Å². The van der Waals surface area contributed by atoms with E-state index in [1.807, 2.05) is 66.7 Å². The van der Waals surface area contributed by atoms with E-state index in [9.17, 15) is 9.59 Å². The summed E-state index contributed by atoms with van der Waals surface area (Å²) in [5.41, 5.74) is 2.72. The summed E-state index contributed by atoms with van der Waals surface area (Å²) in [6.07, 6.45) is 0. The monoisotopic (exact) mass is 385 g/mol. The Labute approximate surface area is 167 Å². The van der Waals surface area contributed by atoms with Crippen LogP contribution in [-0.4, -0.2) is 12.5 Å². The predicted octanol–water partition coefficient (Wildman–Crippen LogP) is 4.16. The van der Waals surface area contributed by atoms with E-state index in [0.717, 1.165) is 22.1 Å². The molecule has 5 heteroatoms. The normalized spacial score (nSPS) is 10.6. The lowest BCUT2D eigenvalue weighted by Crippen LogP contribution is -2.28. The van der Waals surface area contributed by atoms with Gasteiger partial charge in [-0.05, 0) is 28.8 Å². The Bertz CT molecular complexity index is 1180. The maximum absolute atomic E-state index is 12.0. The number of benzene rings is 3. The maximum Gasteiger partial charge on any atom is 0.336 e. The molecule has 1 N–H and O–H groups in total. The molecule has 0 saturated heterocycles. The fourth-order valence-electron chi connectivity index (χ4n) is 3.09. The number of carbonyl (C=O) groups is 1. The van der Waals surface area contributed by atoms with Gasteiger partial charge in [0.2, 0.25) is 0 Å². The third-order valence-electron chi connectivity index (χ3n) is 4.50. The molecule has 0 spiro atoms. The number of amides is 1. The summed E-state index contributed by atoms with van der Waals surface area (Å²) >= 11 is 0. The fourth-order valence-corrected chi connectivity index (χ4v) is 3.09. The van der Waals surface area contributed by atoms with Crippen molar-refractivity contribution in [3.63, 3.8) is 0 Å². The van der Waals surface area contributed by atoms with Crippen molar-refractivity contribution in [3.8, 4) is 16.9 Å². The Kier molecular flexibility index (Phi) is 5.38. The van der Waals surface area contributed by atoms with E-state index >= 15 is 0 Å². The Balaban J connectivity index is 1.48. The Morgan fingerprint density at radius 2 is 1.62 bits per heavy atom. The summed E-state index contributed by atoms with van der Waals surface area (Å²) in [5.74, 6) is 0.231. The molecule has 3 aromatic carbocycles. The number of nitrogens with one attached hydrogen (secondary N) is 1. The van der Waals surface area contributed by atoms with Crippen LogP contribution in [0.25, 0.3) is 22.1 Å². The van der Waals surface area contributed by atoms with Gasteiger partial charge in [-0.3, -0.25) is 4.79 Å².